The SMILES string of the molecule is CCCCCCNC(=O)NC1(c2ccc(F)cc2)CC1. The van der Waals surface area contributed by atoms with Gasteiger partial charge >= 0.3 is 6.03 Å². The van der Waals surface area contributed by atoms with Gasteiger partial charge in [0.15, 0.2) is 0 Å². The fourth-order valence-corrected chi connectivity index (χ4v) is 2.39. The highest BCUT2D eigenvalue weighted by Gasteiger charge is 2.45. The molecule has 1 aliphatic rings. The van der Waals surface area contributed by atoms with Crippen molar-refractivity contribution in [3.05, 3.63) is 35.6 Å². The summed E-state index contributed by atoms with van der Waals surface area (Å²) in [6, 6.07) is 6.27. The van der Waals surface area contributed by atoms with Gasteiger partial charge in [-0.2, -0.15) is 0 Å². The van der Waals surface area contributed by atoms with Crippen molar-refractivity contribution in [1.29, 1.82) is 0 Å². The molecular formula is C16H23FN2O. The normalized spacial score (nSPS) is 15.7. The third kappa shape index (κ3) is 3.95. The molecule has 20 heavy (non-hydrogen) atoms. The molecule has 110 valence electrons. The minimum absolute atomic E-state index is 0.122. The summed E-state index contributed by atoms with van der Waals surface area (Å²) in [5, 5.41) is 5.92. The smallest absolute Gasteiger partial charge is 0.315 e. The first-order valence-electron chi connectivity index (χ1n) is 7.48. The summed E-state index contributed by atoms with van der Waals surface area (Å²) in [5.41, 5.74) is 0.710. The second kappa shape index (κ2) is 6.73. The predicted octanol–water partition coefficient (Wildman–Crippen LogP) is 3.69. The third-order valence-corrected chi connectivity index (χ3v) is 3.82. The van der Waals surface area contributed by atoms with Crippen molar-refractivity contribution in [3.63, 3.8) is 0 Å². The molecule has 0 heterocycles. The fourth-order valence-electron chi connectivity index (χ4n) is 2.39. The number of nitrogens with one attached hydrogen (secondary N) is 2. The Morgan fingerprint density at radius 2 is 1.90 bits per heavy atom. The summed E-state index contributed by atoms with van der Waals surface area (Å²) in [4.78, 5) is 11.9. The maximum absolute atomic E-state index is 12.9. The van der Waals surface area contributed by atoms with Crippen molar-refractivity contribution in [2.45, 2.75) is 51.0 Å². The van der Waals surface area contributed by atoms with Crippen molar-refractivity contribution in [2.75, 3.05) is 6.54 Å². The van der Waals surface area contributed by atoms with Crippen LogP contribution < -0.4 is 10.6 Å². The Kier molecular flexibility index (Phi) is 4.99. The average molecular weight is 278 g/mol. The molecule has 1 saturated carbocycles. The Morgan fingerprint density at radius 1 is 1.20 bits per heavy atom. The van der Waals surface area contributed by atoms with Crippen LogP contribution in [0.3, 0.4) is 0 Å². The quantitative estimate of drug-likeness (QED) is 0.734. The highest BCUT2D eigenvalue weighted by Crippen LogP contribution is 2.45. The summed E-state index contributed by atoms with van der Waals surface area (Å²) in [5.74, 6) is -0.245. The number of hydrogen-bond acceptors (Lipinski definition) is 1. The molecule has 0 unspecified atom stereocenters. The van der Waals surface area contributed by atoms with Crippen LogP contribution >= 0.6 is 0 Å². The lowest BCUT2D eigenvalue weighted by molar-refractivity contribution is 0.235. The van der Waals surface area contributed by atoms with Crippen LogP contribution in [0, 0.1) is 5.82 Å². The molecule has 0 saturated heterocycles. The van der Waals surface area contributed by atoms with Gasteiger partial charge < -0.3 is 10.6 Å². The lowest BCUT2D eigenvalue weighted by Gasteiger charge is -2.18. The van der Waals surface area contributed by atoms with Gasteiger partial charge in [0.05, 0.1) is 5.54 Å². The molecule has 1 aromatic rings. The molecule has 2 amide bonds. The number of halogens is 1. The molecule has 0 spiro atoms. The van der Waals surface area contributed by atoms with Gasteiger partial charge in [-0.1, -0.05) is 38.3 Å². The van der Waals surface area contributed by atoms with Crippen molar-refractivity contribution in [2.24, 2.45) is 0 Å². The molecule has 3 nitrogen and oxygen atoms in total. The average Bonchev–Trinajstić information content (AvgIpc) is 3.20. The minimum Gasteiger partial charge on any atom is -0.338 e. The highest BCUT2D eigenvalue weighted by molar-refractivity contribution is 5.75. The number of carbonyl (C=O) groups excluding carboxylic acids is 1. The Hall–Kier alpha value is -1.58. The van der Waals surface area contributed by atoms with Gasteiger partial charge in [-0.25, -0.2) is 9.18 Å². The van der Waals surface area contributed by atoms with Crippen LogP contribution in [0.15, 0.2) is 24.3 Å². The first-order chi connectivity index (χ1) is 9.66. The first kappa shape index (κ1) is 14.8. The lowest BCUT2D eigenvalue weighted by atomic mass is 10.1. The molecule has 0 bridgehead atoms. The molecule has 2 N–H and O–H groups in total. The second-order valence-corrected chi connectivity index (χ2v) is 5.53. The van der Waals surface area contributed by atoms with Crippen LogP contribution in [-0.2, 0) is 5.54 Å². The van der Waals surface area contributed by atoms with Gasteiger partial charge in [0.2, 0.25) is 0 Å². The van der Waals surface area contributed by atoms with E-state index in [4.69, 9.17) is 0 Å². The summed E-state index contributed by atoms with van der Waals surface area (Å²) in [6.45, 7) is 2.88. The van der Waals surface area contributed by atoms with Gasteiger partial charge in [0.25, 0.3) is 0 Å². The molecule has 1 fully saturated rings. The molecule has 0 aromatic heterocycles. The number of urea groups is 1. The summed E-state index contributed by atoms with van der Waals surface area (Å²) < 4.78 is 12.9. The van der Waals surface area contributed by atoms with Gasteiger partial charge in [-0.05, 0) is 37.0 Å². The zero-order valence-corrected chi connectivity index (χ0v) is 12.0. The summed E-state index contributed by atoms with van der Waals surface area (Å²) >= 11 is 0. The molecule has 0 atom stereocenters. The maximum Gasteiger partial charge on any atom is 0.315 e. The second-order valence-electron chi connectivity index (χ2n) is 5.53. The standard InChI is InChI=1S/C16H23FN2O/c1-2-3-4-5-12-18-15(20)19-16(10-11-16)13-6-8-14(17)9-7-13/h6-9H,2-5,10-12H2,1H3,(H2,18,19,20). The number of carbonyl (C=O) groups is 1. The zero-order chi connectivity index (χ0) is 14.4. The van der Waals surface area contributed by atoms with Crippen LogP contribution in [0.5, 0.6) is 0 Å². The zero-order valence-electron chi connectivity index (χ0n) is 12.0. The van der Waals surface area contributed by atoms with E-state index in [2.05, 4.69) is 17.6 Å². The monoisotopic (exact) mass is 278 g/mol. The maximum atomic E-state index is 12.9. The summed E-state index contributed by atoms with van der Waals surface area (Å²) in [6.07, 6.45) is 6.41. The van der Waals surface area contributed by atoms with Crippen LogP contribution in [0.4, 0.5) is 9.18 Å². The van der Waals surface area contributed by atoms with Crippen molar-refractivity contribution in [1.82, 2.24) is 10.6 Å². The molecule has 1 aromatic carbocycles. The van der Waals surface area contributed by atoms with Gasteiger partial charge in [0, 0.05) is 6.54 Å². The van der Waals surface area contributed by atoms with E-state index >= 15 is 0 Å². The molecule has 0 aliphatic heterocycles. The Labute approximate surface area is 120 Å². The molecule has 1 aliphatic carbocycles. The van der Waals surface area contributed by atoms with E-state index in [9.17, 15) is 9.18 Å². The Morgan fingerprint density at radius 3 is 2.50 bits per heavy atom. The van der Waals surface area contributed by atoms with Crippen LogP contribution in [0.2, 0.25) is 0 Å². The van der Waals surface area contributed by atoms with Crippen LogP contribution in [0.25, 0.3) is 0 Å². The van der Waals surface area contributed by atoms with Gasteiger partial charge in [0.1, 0.15) is 5.82 Å². The number of hydrogen-bond donors (Lipinski definition) is 2. The number of rotatable bonds is 7. The van der Waals surface area contributed by atoms with Gasteiger partial charge in [-0.3, -0.25) is 0 Å². The number of amides is 2. The predicted molar refractivity (Wildman–Crippen MR) is 78.0 cm³/mol. The van der Waals surface area contributed by atoms with Crippen molar-refractivity contribution >= 4 is 6.03 Å². The Balaban J connectivity index is 1.77. The number of benzene rings is 1. The topological polar surface area (TPSA) is 41.1 Å². The van der Waals surface area contributed by atoms with Gasteiger partial charge in [-0.15, -0.1) is 0 Å². The van der Waals surface area contributed by atoms with E-state index in [0.717, 1.165) is 31.2 Å². The fraction of sp³-hybridized carbons (Fsp3) is 0.562. The molecule has 0 radical (unpaired) electrons. The van der Waals surface area contributed by atoms with Crippen LogP contribution in [0.1, 0.15) is 51.0 Å². The van der Waals surface area contributed by atoms with E-state index in [0.29, 0.717) is 6.54 Å². The minimum atomic E-state index is -0.277. The molecule has 4 heteroatoms. The van der Waals surface area contributed by atoms with E-state index in [1.165, 1.54) is 25.0 Å². The summed E-state index contributed by atoms with van der Waals surface area (Å²) in [7, 11) is 0. The van der Waals surface area contributed by atoms with Crippen molar-refractivity contribution < 1.29 is 9.18 Å². The van der Waals surface area contributed by atoms with Crippen molar-refractivity contribution in [3.8, 4) is 0 Å². The van der Waals surface area contributed by atoms with E-state index in [1.807, 2.05) is 0 Å². The van der Waals surface area contributed by atoms with E-state index < -0.39 is 0 Å². The van der Waals surface area contributed by atoms with E-state index in [1.54, 1.807) is 12.1 Å². The van der Waals surface area contributed by atoms with E-state index in [-0.39, 0.29) is 17.4 Å². The molecule has 2 rings (SSSR count). The Bertz CT molecular complexity index is 440. The third-order valence-electron chi connectivity index (χ3n) is 3.82. The number of unbranched alkanes of at least 4 members (excludes halogenated alkanes) is 3. The highest BCUT2D eigenvalue weighted by atomic mass is 19.1. The first-order valence-corrected chi connectivity index (χ1v) is 7.48. The lowest BCUT2D eigenvalue weighted by Crippen LogP contribution is -2.42. The largest absolute Gasteiger partial charge is 0.338 e. The molecular weight excluding hydrogens is 255 g/mol. The van der Waals surface area contributed by atoms with Crippen LogP contribution in [-0.4, -0.2) is 12.6 Å².